The second-order valence-electron chi connectivity index (χ2n) is 5.52. The molecule has 2 aromatic heterocycles. The summed E-state index contributed by atoms with van der Waals surface area (Å²) in [7, 11) is 1.92. The van der Waals surface area contributed by atoms with Crippen LogP contribution in [-0.2, 0) is 31.4 Å². The van der Waals surface area contributed by atoms with Gasteiger partial charge in [-0.25, -0.2) is 9.37 Å². The summed E-state index contributed by atoms with van der Waals surface area (Å²) >= 11 is 5.78. The second-order valence-corrected chi connectivity index (χ2v) is 5.93. The summed E-state index contributed by atoms with van der Waals surface area (Å²) in [6.07, 6.45) is 0.839. The third-order valence-corrected chi connectivity index (χ3v) is 4.32. The minimum absolute atomic E-state index is 0.0633. The first-order valence-electron chi connectivity index (χ1n) is 7.32. The molecule has 1 aliphatic heterocycles. The lowest BCUT2D eigenvalue weighted by Crippen LogP contribution is -2.12. The maximum atomic E-state index is 13.5. The molecule has 0 unspecified atom stereocenters. The highest BCUT2D eigenvalue weighted by molar-refractivity contribution is 6.31. The van der Waals surface area contributed by atoms with Gasteiger partial charge < -0.3 is 15.0 Å². The van der Waals surface area contributed by atoms with Gasteiger partial charge in [0.15, 0.2) is 0 Å². The Hall–Kier alpha value is -2.12. The summed E-state index contributed by atoms with van der Waals surface area (Å²) < 4.78 is 20.9. The number of halogens is 2. The van der Waals surface area contributed by atoms with Crippen molar-refractivity contribution in [3.8, 4) is 0 Å². The van der Waals surface area contributed by atoms with Crippen molar-refractivity contribution < 1.29 is 9.13 Å². The molecular formula is C15H15ClFN5O. The van der Waals surface area contributed by atoms with Gasteiger partial charge in [0.1, 0.15) is 5.82 Å². The van der Waals surface area contributed by atoms with Gasteiger partial charge in [-0.05, 0) is 6.07 Å². The Balaban J connectivity index is 1.59. The Morgan fingerprint density at radius 3 is 3.22 bits per heavy atom. The van der Waals surface area contributed by atoms with Gasteiger partial charge in [-0.15, -0.1) is 0 Å². The number of aryl methyl sites for hydroxylation is 1. The summed E-state index contributed by atoms with van der Waals surface area (Å²) in [5, 5.41) is 7.81. The maximum absolute atomic E-state index is 13.5. The van der Waals surface area contributed by atoms with E-state index in [0.717, 1.165) is 23.4 Å². The zero-order valence-electron chi connectivity index (χ0n) is 12.5. The van der Waals surface area contributed by atoms with Crippen molar-refractivity contribution in [3.63, 3.8) is 0 Å². The van der Waals surface area contributed by atoms with Gasteiger partial charge in [0.25, 0.3) is 0 Å². The second kappa shape index (κ2) is 5.50. The molecule has 0 fully saturated rings. The van der Waals surface area contributed by atoms with Gasteiger partial charge >= 0.3 is 0 Å². The van der Waals surface area contributed by atoms with Gasteiger partial charge in [-0.3, -0.25) is 4.68 Å². The number of hydrogen-bond acceptors (Lipinski definition) is 4. The van der Waals surface area contributed by atoms with Crippen LogP contribution in [0.25, 0.3) is 11.0 Å². The molecule has 8 heteroatoms. The van der Waals surface area contributed by atoms with E-state index in [2.05, 4.69) is 20.4 Å². The third-order valence-electron chi connectivity index (χ3n) is 4.03. The van der Waals surface area contributed by atoms with E-state index in [1.165, 1.54) is 12.1 Å². The highest BCUT2D eigenvalue weighted by atomic mass is 35.5. The number of anilines is 1. The maximum Gasteiger partial charge on any atom is 0.201 e. The van der Waals surface area contributed by atoms with Crippen LogP contribution in [-0.4, -0.2) is 26.4 Å². The van der Waals surface area contributed by atoms with E-state index >= 15 is 0 Å². The van der Waals surface area contributed by atoms with Crippen LogP contribution in [0.3, 0.4) is 0 Å². The lowest BCUT2D eigenvalue weighted by Gasteiger charge is -2.12. The van der Waals surface area contributed by atoms with Crippen LogP contribution in [0.1, 0.15) is 17.0 Å². The smallest absolute Gasteiger partial charge is 0.201 e. The fraction of sp³-hybridized carbons (Fsp3) is 0.333. The highest BCUT2D eigenvalue weighted by Gasteiger charge is 2.19. The number of ether oxygens (including phenoxy) is 1. The predicted octanol–water partition coefficient (Wildman–Crippen LogP) is 2.77. The molecule has 1 aromatic carbocycles. The molecule has 23 heavy (non-hydrogen) atoms. The SMILES string of the molecule is Cn1nc2c(c1CNc1nc3cc(Cl)c(F)cc3[nH]1)COCC2. The van der Waals surface area contributed by atoms with E-state index in [1.54, 1.807) is 0 Å². The van der Waals surface area contributed by atoms with E-state index in [1.807, 2.05) is 11.7 Å². The minimum Gasteiger partial charge on any atom is -0.376 e. The summed E-state index contributed by atoms with van der Waals surface area (Å²) in [6, 6.07) is 2.85. The summed E-state index contributed by atoms with van der Waals surface area (Å²) in [6.45, 7) is 1.85. The lowest BCUT2D eigenvalue weighted by molar-refractivity contribution is 0.109. The highest BCUT2D eigenvalue weighted by Crippen LogP contribution is 2.24. The topological polar surface area (TPSA) is 67.8 Å². The molecule has 0 saturated heterocycles. The zero-order valence-corrected chi connectivity index (χ0v) is 13.2. The van der Waals surface area contributed by atoms with Gasteiger partial charge in [0, 0.05) is 25.1 Å². The first-order chi connectivity index (χ1) is 11.1. The van der Waals surface area contributed by atoms with E-state index < -0.39 is 5.82 Å². The van der Waals surface area contributed by atoms with E-state index in [-0.39, 0.29) is 5.02 Å². The molecule has 3 heterocycles. The molecule has 0 radical (unpaired) electrons. The number of benzene rings is 1. The number of imidazole rings is 1. The van der Waals surface area contributed by atoms with Gasteiger partial charge in [-0.1, -0.05) is 11.6 Å². The number of aromatic amines is 1. The number of hydrogen-bond donors (Lipinski definition) is 2. The minimum atomic E-state index is -0.466. The first kappa shape index (κ1) is 14.5. The molecule has 2 N–H and O–H groups in total. The molecule has 0 atom stereocenters. The Kier molecular flexibility index (Phi) is 3.46. The molecule has 1 aliphatic rings. The Bertz CT molecular complexity index is 849. The van der Waals surface area contributed by atoms with Gasteiger partial charge in [-0.2, -0.15) is 5.10 Å². The molecule has 0 spiro atoms. The third kappa shape index (κ3) is 2.55. The van der Waals surface area contributed by atoms with E-state index in [4.69, 9.17) is 16.3 Å². The van der Waals surface area contributed by atoms with Crippen molar-refractivity contribution in [1.29, 1.82) is 0 Å². The Morgan fingerprint density at radius 1 is 1.48 bits per heavy atom. The number of aromatic nitrogens is 4. The Morgan fingerprint density at radius 2 is 2.35 bits per heavy atom. The van der Waals surface area contributed by atoms with Crippen LogP contribution in [0, 0.1) is 5.82 Å². The van der Waals surface area contributed by atoms with Crippen LogP contribution in [0.4, 0.5) is 10.3 Å². The number of nitrogens with one attached hydrogen (secondary N) is 2. The molecule has 120 valence electrons. The van der Waals surface area contributed by atoms with Crippen molar-refractivity contribution in [2.45, 2.75) is 19.6 Å². The quantitative estimate of drug-likeness (QED) is 0.772. The van der Waals surface area contributed by atoms with Crippen LogP contribution in [0.15, 0.2) is 12.1 Å². The fourth-order valence-electron chi connectivity index (χ4n) is 2.85. The monoisotopic (exact) mass is 335 g/mol. The molecule has 6 nitrogen and oxygen atoms in total. The van der Waals surface area contributed by atoms with Gasteiger partial charge in [0.05, 0.1) is 47.2 Å². The number of H-pyrrole nitrogens is 1. The summed E-state index contributed by atoms with van der Waals surface area (Å²) in [4.78, 5) is 7.42. The van der Waals surface area contributed by atoms with Crippen molar-refractivity contribution in [2.24, 2.45) is 7.05 Å². The fourth-order valence-corrected chi connectivity index (χ4v) is 3.01. The van der Waals surface area contributed by atoms with Crippen molar-refractivity contribution in [2.75, 3.05) is 11.9 Å². The predicted molar refractivity (Wildman–Crippen MR) is 85.0 cm³/mol. The average molecular weight is 336 g/mol. The normalized spacial score (nSPS) is 14.2. The van der Waals surface area contributed by atoms with Crippen LogP contribution < -0.4 is 5.32 Å². The molecule has 0 aliphatic carbocycles. The molecule has 0 amide bonds. The number of rotatable bonds is 3. The lowest BCUT2D eigenvalue weighted by atomic mass is 10.1. The van der Waals surface area contributed by atoms with Gasteiger partial charge in [0.2, 0.25) is 5.95 Å². The standard InChI is InChI=1S/C15H15ClFN5O/c1-22-14(8-7-23-3-2-11(8)21-22)6-18-15-19-12-4-9(16)10(17)5-13(12)20-15/h4-5H,2-3,6-7H2,1H3,(H2,18,19,20). The average Bonchev–Trinajstić information content (AvgIpc) is 3.05. The largest absolute Gasteiger partial charge is 0.376 e. The molecule has 0 bridgehead atoms. The molecule has 3 aromatic rings. The summed E-state index contributed by atoms with van der Waals surface area (Å²) in [5.74, 6) is 0.0977. The van der Waals surface area contributed by atoms with Crippen LogP contribution in [0.2, 0.25) is 5.02 Å². The van der Waals surface area contributed by atoms with Crippen molar-refractivity contribution >= 4 is 28.6 Å². The van der Waals surface area contributed by atoms with Crippen LogP contribution in [0.5, 0.6) is 0 Å². The van der Waals surface area contributed by atoms with Crippen molar-refractivity contribution in [1.82, 2.24) is 19.7 Å². The van der Waals surface area contributed by atoms with Crippen molar-refractivity contribution in [3.05, 3.63) is 39.9 Å². The first-order valence-corrected chi connectivity index (χ1v) is 7.69. The van der Waals surface area contributed by atoms with E-state index in [9.17, 15) is 4.39 Å². The Labute approximate surface area is 136 Å². The van der Waals surface area contributed by atoms with E-state index in [0.29, 0.717) is 36.7 Å². The molecular weight excluding hydrogens is 321 g/mol. The summed E-state index contributed by atoms with van der Waals surface area (Å²) in [5.41, 5.74) is 4.51. The molecule has 0 saturated carbocycles. The molecule has 4 rings (SSSR count). The zero-order chi connectivity index (χ0) is 16.0. The number of fused-ring (bicyclic) bond motifs is 2. The number of nitrogens with zero attached hydrogens (tertiary/aromatic N) is 3. The van der Waals surface area contributed by atoms with Crippen LogP contribution >= 0.6 is 11.6 Å².